The van der Waals surface area contributed by atoms with E-state index < -0.39 is 0 Å². The second kappa shape index (κ2) is 7.53. The smallest absolute Gasteiger partial charge is 0.137 e. The van der Waals surface area contributed by atoms with Crippen LogP contribution < -0.4 is 0 Å². The third-order valence-electron chi connectivity index (χ3n) is 2.52. The van der Waals surface area contributed by atoms with E-state index in [2.05, 4.69) is 0 Å². The summed E-state index contributed by atoms with van der Waals surface area (Å²) in [6, 6.07) is 0. The lowest BCUT2D eigenvalue weighted by Crippen LogP contribution is -2.06. The fourth-order valence-corrected chi connectivity index (χ4v) is 1.95. The van der Waals surface area contributed by atoms with Crippen molar-refractivity contribution in [1.82, 2.24) is 0 Å². The molecule has 1 aliphatic rings. The summed E-state index contributed by atoms with van der Waals surface area (Å²) in [5.74, 6) is 0.695. The molecule has 0 radical (unpaired) electrons. The van der Waals surface area contributed by atoms with Crippen LogP contribution in [0.3, 0.4) is 0 Å². The van der Waals surface area contributed by atoms with Crippen molar-refractivity contribution in [2.75, 3.05) is 6.61 Å². The Labute approximate surface area is 102 Å². The maximum absolute atomic E-state index is 8.68. The van der Waals surface area contributed by atoms with Crippen LogP contribution in [-0.4, -0.2) is 17.8 Å². The molecule has 0 saturated heterocycles. The Morgan fingerprint density at radius 2 is 2.06 bits per heavy atom. The van der Waals surface area contributed by atoms with Crippen LogP contribution in [0.25, 0.3) is 0 Å². The van der Waals surface area contributed by atoms with E-state index in [4.69, 9.17) is 21.4 Å². The van der Waals surface area contributed by atoms with Crippen molar-refractivity contribution in [3.05, 3.63) is 35.1 Å². The molecular formula is C13H19ClO2. The van der Waals surface area contributed by atoms with Crippen molar-refractivity contribution in [2.45, 2.75) is 38.7 Å². The van der Waals surface area contributed by atoms with Crippen LogP contribution in [-0.2, 0) is 4.74 Å². The summed E-state index contributed by atoms with van der Waals surface area (Å²) >= 11 is 6.09. The van der Waals surface area contributed by atoms with Crippen LogP contribution in [0.15, 0.2) is 35.1 Å². The Morgan fingerprint density at radius 1 is 1.38 bits per heavy atom. The van der Waals surface area contributed by atoms with Crippen LogP contribution in [0.1, 0.15) is 32.6 Å². The molecule has 0 aromatic rings. The van der Waals surface area contributed by atoms with E-state index in [9.17, 15) is 0 Å². The highest BCUT2D eigenvalue weighted by Gasteiger charge is 2.17. The monoisotopic (exact) mass is 242 g/mol. The van der Waals surface area contributed by atoms with E-state index in [1.54, 1.807) is 12.2 Å². The maximum Gasteiger partial charge on any atom is 0.137 e. The summed E-state index contributed by atoms with van der Waals surface area (Å²) in [7, 11) is 0. The van der Waals surface area contributed by atoms with Gasteiger partial charge in [0, 0.05) is 0 Å². The third-order valence-corrected chi connectivity index (χ3v) is 2.83. The van der Waals surface area contributed by atoms with Gasteiger partial charge in [-0.25, -0.2) is 0 Å². The largest absolute Gasteiger partial charge is 0.489 e. The molecule has 0 aromatic heterocycles. The van der Waals surface area contributed by atoms with Crippen LogP contribution in [0, 0.1) is 0 Å². The summed E-state index contributed by atoms with van der Waals surface area (Å²) in [6.45, 7) is 1.92. The Morgan fingerprint density at radius 3 is 2.62 bits per heavy atom. The first-order valence-corrected chi connectivity index (χ1v) is 6.12. The van der Waals surface area contributed by atoms with Gasteiger partial charge in [-0.1, -0.05) is 23.8 Å². The molecule has 1 fully saturated rings. The van der Waals surface area contributed by atoms with Gasteiger partial charge in [0.1, 0.15) is 5.76 Å². The number of aliphatic hydroxyl groups excluding tert-OH is 1. The highest BCUT2D eigenvalue weighted by Crippen LogP contribution is 2.26. The molecule has 0 unspecified atom stereocenters. The van der Waals surface area contributed by atoms with Crippen molar-refractivity contribution in [3.8, 4) is 0 Å². The minimum Gasteiger partial charge on any atom is -0.489 e. The van der Waals surface area contributed by atoms with Gasteiger partial charge in [-0.3, -0.25) is 0 Å². The topological polar surface area (TPSA) is 29.5 Å². The highest BCUT2D eigenvalue weighted by molar-refractivity contribution is 6.31. The molecular weight excluding hydrogens is 224 g/mol. The van der Waals surface area contributed by atoms with E-state index in [1.807, 2.05) is 19.1 Å². The van der Waals surface area contributed by atoms with Gasteiger partial charge in [-0.15, -0.1) is 0 Å². The minimum atomic E-state index is -0.0111. The second-order valence-electron chi connectivity index (χ2n) is 3.82. The van der Waals surface area contributed by atoms with E-state index in [0.29, 0.717) is 16.9 Å². The molecule has 0 bridgehead atoms. The second-order valence-corrected chi connectivity index (χ2v) is 4.23. The fraction of sp³-hybridized carbons (Fsp3) is 0.538. The predicted molar refractivity (Wildman–Crippen MR) is 67.3 cm³/mol. The molecule has 1 aliphatic carbocycles. The van der Waals surface area contributed by atoms with E-state index in [0.717, 1.165) is 12.8 Å². The van der Waals surface area contributed by atoms with E-state index in [-0.39, 0.29) is 6.61 Å². The summed E-state index contributed by atoms with van der Waals surface area (Å²) in [5.41, 5.74) is 0. The van der Waals surface area contributed by atoms with Crippen molar-refractivity contribution < 1.29 is 9.84 Å². The van der Waals surface area contributed by atoms with Gasteiger partial charge >= 0.3 is 0 Å². The first-order valence-electron chi connectivity index (χ1n) is 5.74. The molecule has 0 atom stereocenters. The number of halogens is 1. The quantitative estimate of drug-likeness (QED) is 0.591. The Hall–Kier alpha value is -0.730. The van der Waals surface area contributed by atoms with Gasteiger partial charge in [0.25, 0.3) is 0 Å². The van der Waals surface area contributed by atoms with Gasteiger partial charge in [-0.2, -0.15) is 0 Å². The predicted octanol–water partition coefficient (Wildman–Crippen LogP) is 3.52. The number of ether oxygens (including phenoxy) is 1. The lowest BCUT2D eigenvalue weighted by molar-refractivity contribution is 0.131. The van der Waals surface area contributed by atoms with Gasteiger partial charge in [-0.05, 0) is 44.8 Å². The number of allylic oxidation sites excluding steroid dienone is 4. The molecule has 0 aliphatic heterocycles. The van der Waals surface area contributed by atoms with Gasteiger partial charge < -0.3 is 9.84 Å². The summed E-state index contributed by atoms with van der Waals surface area (Å²) < 4.78 is 5.84. The number of rotatable bonds is 5. The Kier molecular flexibility index (Phi) is 6.27. The Balaban J connectivity index is 2.67. The molecule has 0 heterocycles. The zero-order valence-electron chi connectivity index (χ0n) is 9.66. The van der Waals surface area contributed by atoms with Crippen LogP contribution >= 0.6 is 11.6 Å². The summed E-state index contributed by atoms with van der Waals surface area (Å²) in [6.07, 6.45) is 12.0. The van der Waals surface area contributed by atoms with Crippen LogP contribution in [0.4, 0.5) is 0 Å². The van der Waals surface area contributed by atoms with Crippen LogP contribution in [0.5, 0.6) is 0 Å². The summed E-state index contributed by atoms with van der Waals surface area (Å²) in [4.78, 5) is 0. The molecule has 0 amide bonds. The van der Waals surface area contributed by atoms with Gasteiger partial charge in [0.2, 0.25) is 0 Å². The fourth-order valence-electron chi connectivity index (χ4n) is 1.75. The number of aliphatic hydroxyl groups is 1. The first kappa shape index (κ1) is 13.3. The van der Waals surface area contributed by atoms with Crippen LogP contribution in [0.2, 0.25) is 0 Å². The molecule has 2 nitrogen and oxygen atoms in total. The highest BCUT2D eigenvalue weighted by atomic mass is 35.5. The zero-order chi connectivity index (χ0) is 11.8. The third kappa shape index (κ3) is 4.42. The van der Waals surface area contributed by atoms with E-state index >= 15 is 0 Å². The molecule has 1 N–H and O–H groups in total. The summed E-state index contributed by atoms with van der Waals surface area (Å²) in [5, 5.41) is 9.22. The molecule has 0 spiro atoms. The average molecular weight is 243 g/mol. The molecule has 90 valence electrons. The first-order chi connectivity index (χ1) is 7.77. The molecule has 0 aromatic carbocycles. The van der Waals surface area contributed by atoms with Gasteiger partial charge in [0.15, 0.2) is 0 Å². The average Bonchev–Trinajstić information content (AvgIpc) is 2.78. The molecule has 16 heavy (non-hydrogen) atoms. The zero-order valence-corrected chi connectivity index (χ0v) is 10.4. The van der Waals surface area contributed by atoms with Gasteiger partial charge in [0.05, 0.1) is 17.7 Å². The van der Waals surface area contributed by atoms with Crippen molar-refractivity contribution in [2.24, 2.45) is 0 Å². The van der Waals surface area contributed by atoms with E-state index in [1.165, 1.54) is 12.8 Å². The molecule has 1 saturated carbocycles. The van der Waals surface area contributed by atoms with Crippen molar-refractivity contribution in [3.63, 3.8) is 0 Å². The number of hydrogen-bond acceptors (Lipinski definition) is 2. The Bertz CT molecular complexity index is 286. The molecule has 3 heteroatoms. The SMILES string of the molecule is C\C=C/C(OC1CCCC1)=C(Cl)\C=C\CO. The van der Waals surface area contributed by atoms with Crippen molar-refractivity contribution in [1.29, 1.82) is 0 Å². The molecule has 1 rings (SSSR count). The maximum atomic E-state index is 8.68. The minimum absolute atomic E-state index is 0.0111. The normalized spacial score (nSPS) is 19.7. The lowest BCUT2D eigenvalue weighted by atomic mass is 10.3. The lowest BCUT2D eigenvalue weighted by Gasteiger charge is -2.14. The number of hydrogen-bond donors (Lipinski definition) is 1. The standard InChI is InChI=1S/C13H19ClO2/c1-2-6-13(12(14)9-5-10-15)16-11-7-3-4-8-11/h2,5-6,9,11,15H,3-4,7-8,10H2,1H3/b6-2-,9-5+,13-12-. The van der Waals surface area contributed by atoms with Crippen molar-refractivity contribution >= 4 is 11.6 Å².